The summed E-state index contributed by atoms with van der Waals surface area (Å²) in [6.45, 7) is 2.64. The Bertz CT molecular complexity index is 855. The number of furan rings is 1. The van der Waals surface area contributed by atoms with Crippen molar-refractivity contribution in [1.29, 1.82) is 0 Å². The Morgan fingerprint density at radius 3 is 2.83 bits per heavy atom. The zero-order valence-corrected chi connectivity index (χ0v) is 14.3. The Kier molecular flexibility index (Phi) is 4.59. The number of hydrogen-bond acceptors (Lipinski definition) is 4. The fourth-order valence-corrected chi connectivity index (χ4v) is 3.06. The van der Waals surface area contributed by atoms with Gasteiger partial charge in [0.05, 0.1) is 12.3 Å². The van der Waals surface area contributed by atoms with Crippen LogP contribution in [0.2, 0.25) is 0 Å². The van der Waals surface area contributed by atoms with Crippen molar-refractivity contribution in [3.05, 3.63) is 64.3 Å². The van der Waals surface area contributed by atoms with E-state index >= 15 is 0 Å². The fraction of sp³-hybridized carbons (Fsp3) is 0.278. The first kappa shape index (κ1) is 15.9. The summed E-state index contributed by atoms with van der Waals surface area (Å²) in [5.74, 6) is 0.898. The van der Waals surface area contributed by atoms with Gasteiger partial charge < -0.3 is 9.40 Å². The van der Waals surface area contributed by atoms with E-state index in [1.807, 2.05) is 37.6 Å². The number of pyridine rings is 1. The third-order valence-corrected chi connectivity index (χ3v) is 4.89. The van der Waals surface area contributed by atoms with Crippen molar-refractivity contribution >= 4 is 22.7 Å². The van der Waals surface area contributed by atoms with Crippen LogP contribution in [0, 0.1) is 0 Å². The zero-order chi connectivity index (χ0) is 16.4. The molecule has 0 aliphatic rings. The summed E-state index contributed by atoms with van der Waals surface area (Å²) in [7, 11) is 1.99. The minimum absolute atomic E-state index is 0.0331. The van der Waals surface area contributed by atoms with Crippen molar-refractivity contribution in [3.8, 4) is 0 Å². The molecule has 120 valence electrons. The van der Waals surface area contributed by atoms with Crippen LogP contribution in [-0.2, 0) is 6.54 Å². The highest BCUT2D eigenvalue weighted by Crippen LogP contribution is 2.23. The normalized spacial score (nSPS) is 12.9. The molecule has 0 radical (unpaired) electrons. The molecule has 0 fully saturated rings. The van der Waals surface area contributed by atoms with Crippen LogP contribution in [0.3, 0.4) is 0 Å². The minimum atomic E-state index is -0.0331. The molecule has 0 saturated carbocycles. The Balaban J connectivity index is 1.88. The summed E-state index contributed by atoms with van der Waals surface area (Å²) in [6.07, 6.45) is 3.70. The van der Waals surface area contributed by atoms with E-state index in [4.69, 9.17) is 4.42 Å². The number of rotatable bonds is 5. The van der Waals surface area contributed by atoms with Crippen LogP contribution >= 0.6 is 11.8 Å². The molecular weight excluding hydrogens is 308 g/mol. The average molecular weight is 328 g/mol. The molecule has 0 unspecified atom stereocenters. The molecule has 0 spiro atoms. The van der Waals surface area contributed by atoms with Crippen LogP contribution < -0.4 is 5.56 Å². The Morgan fingerprint density at radius 1 is 1.30 bits per heavy atom. The van der Waals surface area contributed by atoms with Crippen LogP contribution in [0.1, 0.15) is 24.3 Å². The Morgan fingerprint density at radius 2 is 2.13 bits per heavy atom. The second-order valence-electron chi connectivity index (χ2n) is 5.68. The molecule has 1 N–H and O–H groups in total. The third kappa shape index (κ3) is 3.35. The maximum Gasteiger partial charge on any atom is 0.252 e. The van der Waals surface area contributed by atoms with E-state index in [9.17, 15) is 4.79 Å². The third-order valence-electron chi connectivity index (χ3n) is 4.17. The standard InChI is InChI=1S/C18H20N2O2S/c1-12(17-5-4-8-22-17)20(2)11-14-9-13-6-7-15(23-3)10-16(13)19-18(14)21/h4-10,12H,11H2,1-3H3,(H,19,21)/t12-/m1/s1. The van der Waals surface area contributed by atoms with Gasteiger partial charge in [-0.25, -0.2) is 0 Å². The second-order valence-corrected chi connectivity index (χ2v) is 6.56. The second kappa shape index (κ2) is 6.64. The molecule has 3 rings (SSSR count). The van der Waals surface area contributed by atoms with Gasteiger partial charge in [-0.15, -0.1) is 11.8 Å². The summed E-state index contributed by atoms with van der Waals surface area (Å²) in [6, 6.07) is 12.1. The first-order valence-electron chi connectivity index (χ1n) is 7.52. The number of H-pyrrole nitrogens is 1. The number of aromatic nitrogens is 1. The monoisotopic (exact) mass is 328 g/mol. The van der Waals surface area contributed by atoms with Gasteiger partial charge in [0.15, 0.2) is 0 Å². The van der Waals surface area contributed by atoms with Crippen molar-refractivity contribution in [2.75, 3.05) is 13.3 Å². The molecule has 0 aliphatic heterocycles. The molecular formula is C18H20N2O2S. The van der Waals surface area contributed by atoms with E-state index in [1.54, 1.807) is 18.0 Å². The first-order valence-corrected chi connectivity index (χ1v) is 8.74. The molecule has 23 heavy (non-hydrogen) atoms. The quantitative estimate of drug-likeness (QED) is 0.718. The van der Waals surface area contributed by atoms with E-state index < -0.39 is 0 Å². The molecule has 4 nitrogen and oxygen atoms in total. The van der Waals surface area contributed by atoms with Crippen LogP contribution in [-0.4, -0.2) is 23.2 Å². The predicted molar refractivity (Wildman–Crippen MR) is 94.9 cm³/mol. The number of aromatic amines is 1. The molecule has 3 aromatic rings. The van der Waals surface area contributed by atoms with Gasteiger partial charge in [0, 0.05) is 22.5 Å². The zero-order valence-electron chi connectivity index (χ0n) is 13.5. The average Bonchev–Trinajstić information content (AvgIpc) is 3.08. The van der Waals surface area contributed by atoms with E-state index in [0.29, 0.717) is 6.54 Å². The topological polar surface area (TPSA) is 49.2 Å². The first-order chi connectivity index (χ1) is 11.1. The highest BCUT2D eigenvalue weighted by Gasteiger charge is 2.16. The minimum Gasteiger partial charge on any atom is -0.468 e. The molecule has 2 aromatic heterocycles. The highest BCUT2D eigenvalue weighted by molar-refractivity contribution is 7.98. The lowest BCUT2D eigenvalue weighted by atomic mass is 10.1. The molecule has 0 aliphatic carbocycles. The van der Waals surface area contributed by atoms with Crippen molar-refractivity contribution in [2.24, 2.45) is 0 Å². The highest BCUT2D eigenvalue weighted by atomic mass is 32.2. The molecule has 5 heteroatoms. The maximum atomic E-state index is 12.4. The number of thioether (sulfide) groups is 1. The molecule has 1 atom stereocenters. The SMILES string of the molecule is CSc1ccc2cc(CN(C)[C@H](C)c3ccco3)c(=O)[nH]c2c1. The Labute approximate surface area is 139 Å². The smallest absolute Gasteiger partial charge is 0.252 e. The summed E-state index contributed by atoms with van der Waals surface area (Å²) in [5.41, 5.74) is 1.61. The van der Waals surface area contributed by atoms with E-state index in [2.05, 4.69) is 28.9 Å². The van der Waals surface area contributed by atoms with E-state index in [1.165, 1.54) is 0 Å². The van der Waals surface area contributed by atoms with Crippen LogP contribution in [0.15, 0.2) is 56.8 Å². The van der Waals surface area contributed by atoms with Gasteiger partial charge in [0.2, 0.25) is 0 Å². The predicted octanol–water partition coefficient (Wildman–Crippen LogP) is 4.04. The lowest BCUT2D eigenvalue weighted by Gasteiger charge is -2.22. The van der Waals surface area contributed by atoms with Crippen LogP contribution in [0.25, 0.3) is 10.9 Å². The van der Waals surface area contributed by atoms with Gasteiger partial charge in [-0.3, -0.25) is 9.69 Å². The lowest BCUT2D eigenvalue weighted by Crippen LogP contribution is -2.25. The fourth-order valence-electron chi connectivity index (χ4n) is 2.62. The number of nitrogens with one attached hydrogen (secondary N) is 1. The van der Waals surface area contributed by atoms with Gasteiger partial charge >= 0.3 is 0 Å². The Hall–Kier alpha value is -1.98. The maximum absolute atomic E-state index is 12.4. The summed E-state index contributed by atoms with van der Waals surface area (Å²) in [5, 5.41) is 1.05. The number of fused-ring (bicyclic) bond motifs is 1. The van der Waals surface area contributed by atoms with Crippen LogP contribution in [0.5, 0.6) is 0 Å². The number of benzene rings is 1. The van der Waals surface area contributed by atoms with Gasteiger partial charge in [-0.1, -0.05) is 6.07 Å². The molecule has 0 bridgehead atoms. The van der Waals surface area contributed by atoms with Gasteiger partial charge in [0.1, 0.15) is 5.76 Å². The number of nitrogens with zero attached hydrogens (tertiary/aromatic N) is 1. The van der Waals surface area contributed by atoms with Gasteiger partial charge in [-0.2, -0.15) is 0 Å². The van der Waals surface area contributed by atoms with Crippen molar-refractivity contribution in [3.63, 3.8) is 0 Å². The number of hydrogen-bond donors (Lipinski definition) is 1. The van der Waals surface area contributed by atoms with Crippen LogP contribution in [0.4, 0.5) is 0 Å². The summed E-state index contributed by atoms with van der Waals surface area (Å²) in [4.78, 5) is 18.6. The van der Waals surface area contributed by atoms with Crippen molar-refractivity contribution in [2.45, 2.75) is 24.4 Å². The lowest BCUT2D eigenvalue weighted by molar-refractivity contribution is 0.222. The van der Waals surface area contributed by atoms with Gasteiger partial charge in [-0.05, 0) is 55.9 Å². The van der Waals surface area contributed by atoms with Crippen molar-refractivity contribution < 1.29 is 4.42 Å². The molecule has 1 aromatic carbocycles. The molecule has 0 saturated heterocycles. The van der Waals surface area contributed by atoms with E-state index in [-0.39, 0.29) is 11.6 Å². The molecule has 2 heterocycles. The van der Waals surface area contributed by atoms with Gasteiger partial charge in [0.25, 0.3) is 5.56 Å². The largest absolute Gasteiger partial charge is 0.468 e. The summed E-state index contributed by atoms with van der Waals surface area (Å²) >= 11 is 1.67. The van der Waals surface area contributed by atoms with Crippen molar-refractivity contribution in [1.82, 2.24) is 9.88 Å². The molecule has 0 amide bonds. The van der Waals surface area contributed by atoms with E-state index in [0.717, 1.165) is 27.1 Å². The summed E-state index contributed by atoms with van der Waals surface area (Å²) < 4.78 is 5.45.